The van der Waals surface area contributed by atoms with Gasteiger partial charge in [-0.2, -0.15) is 5.26 Å². The van der Waals surface area contributed by atoms with Gasteiger partial charge in [-0.3, -0.25) is 4.79 Å². The van der Waals surface area contributed by atoms with Crippen LogP contribution < -0.4 is 4.74 Å². The average Bonchev–Trinajstić information content (AvgIpc) is 2.38. The molecule has 1 aliphatic rings. The molecule has 0 fully saturated rings. The molecule has 106 valence electrons. The van der Waals surface area contributed by atoms with Crippen LogP contribution in [0.15, 0.2) is 18.2 Å². The third kappa shape index (κ3) is 2.23. The number of hydrogen-bond donors (Lipinski definition) is 1. The van der Waals surface area contributed by atoms with Gasteiger partial charge >= 0.3 is 0 Å². The number of hydrogen-bond acceptors (Lipinski definition) is 4. The molecule has 0 spiro atoms. The number of nitrogens with zero attached hydrogens (tertiary/aromatic N) is 2. The maximum atomic E-state index is 11.7. The molecule has 0 aliphatic carbocycles. The zero-order valence-electron chi connectivity index (χ0n) is 12.0. The van der Waals surface area contributed by atoms with Gasteiger partial charge in [-0.05, 0) is 32.0 Å². The fourth-order valence-electron chi connectivity index (χ4n) is 2.45. The van der Waals surface area contributed by atoms with E-state index in [1.54, 1.807) is 39.1 Å². The molecule has 1 N–H and O–H groups in total. The molecule has 0 unspecified atom stereocenters. The van der Waals surface area contributed by atoms with Crippen LogP contribution in [-0.4, -0.2) is 34.7 Å². The zero-order chi connectivity index (χ0) is 15.1. The van der Waals surface area contributed by atoms with Crippen molar-refractivity contribution in [3.63, 3.8) is 0 Å². The van der Waals surface area contributed by atoms with Crippen molar-refractivity contribution in [2.75, 3.05) is 7.05 Å². The summed E-state index contributed by atoms with van der Waals surface area (Å²) in [5.74, 6) is 0.442. The second-order valence-electron chi connectivity index (χ2n) is 5.59. The van der Waals surface area contributed by atoms with E-state index < -0.39 is 17.7 Å². The van der Waals surface area contributed by atoms with E-state index >= 15 is 0 Å². The largest absolute Gasteiger partial charge is 0.485 e. The summed E-state index contributed by atoms with van der Waals surface area (Å²) in [4.78, 5) is 13.2. The summed E-state index contributed by atoms with van der Waals surface area (Å²) >= 11 is 0. The van der Waals surface area contributed by atoms with E-state index in [9.17, 15) is 9.90 Å². The molecule has 0 saturated heterocycles. The third-order valence-electron chi connectivity index (χ3n) is 3.76. The minimum atomic E-state index is -0.877. The highest BCUT2D eigenvalue weighted by Gasteiger charge is 2.45. The number of likely N-dealkylation sites (N-methyl/N-ethyl adjacent to an activating group) is 1. The zero-order valence-corrected chi connectivity index (χ0v) is 12.0. The minimum Gasteiger partial charge on any atom is -0.485 e. The fraction of sp³-hybridized carbons (Fsp3) is 0.467. The number of ether oxygens (including phenoxy) is 1. The van der Waals surface area contributed by atoms with Gasteiger partial charge in [0.15, 0.2) is 0 Å². The van der Waals surface area contributed by atoms with Crippen molar-refractivity contribution in [1.29, 1.82) is 5.26 Å². The lowest BCUT2D eigenvalue weighted by atomic mass is 9.85. The van der Waals surface area contributed by atoms with Gasteiger partial charge in [0.2, 0.25) is 5.91 Å². The van der Waals surface area contributed by atoms with Crippen molar-refractivity contribution < 1.29 is 14.6 Å². The number of amides is 1. The molecule has 2 rings (SSSR count). The van der Waals surface area contributed by atoms with Gasteiger partial charge in [0.25, 0.3) is 0 Å². The number of carbonyl (C=O) groups excluding carboxylic acids is 1. The van der Waals surface area contributed by atoms with Gasteiger partial charge in [-0.15, -0.1) is 0 Å². The second kappa shape index (κ2) is 4.80. The van der Waals surface area contributed by atoms with E-state index in [1.807, 2.05) is 0 Å². The van der Waals surface area contributed by atoms with E-state index in [0.717, 1.165) is 0 Å². The van der Waals surface area contributed by atoms with Crippen LogP contribution in [0, 0.1) is 11.3 Å². The van der Waals surface area contributed by atoms with E-state index in [4.69, 9.17) is 10.00 Å². The number of carbonyl (C=O) groups is 1. The van der Waals surface area contributed by atoms with Crippen molar-refractivity contribution in [3.05, 3.63) is 29.3 Å². The van der Waals surface area contributed by atoms with Gasteiger partial charge in [-0.25, -0.2) is 0 Å². The third-order valence-corrected chi connectivity index (χ3v) is 3.76. The molecule has 1 aromatic carbocycles. The Kier molecular flexibility index (Phi) is 3.45. The molecule has 0 radical (unpaired) electrons. The monoisotopic (exact) mass is 274 g/mol. The van der Waals surface area contributed by atoms with Crippen LogP contribution in [0.4, 0.5) is 0 Å². The first-order valence-corrected chi connectivity index (χ1v) is 6.42. The average molecular weight is 274 g/mol. The first kappa shape index (κ1) is 14.4. The molecular weight excluding hydrogens is 256 g/mol. The summed E-state index contributed by atoms with van der Waals surface area (Å²) in [6, 6.07) is 6.57. The lowest BCUT2D eigenvalue weighted by Crippen LogP contribution is -2.53. The van der Waals surface area contributed by atoms with Gasteiger partial charge < -0.3 is 14.7 Å². The first-order valence-electron chi connectivity index (χ1n) is 6.42. The number of nitriles is 1. The molecule has 1 heterocycles. The minimum absolute atomic E-state index is 0.153. The number of aliphatic hydroxyl groups is 1. The Morgan fingerprint density at radius 3 is 2.70 bits per heavy atom. The maximum Gasteiger partial charge on any atom is 0.219 e. The van der Waals surface area contributed by atoms with Crippen molar-refractivity contribution >= 4 is 5.91 Å². The van der Waals surface area contributed by atoms with Crippen molar-refractivity contribution in [2.45, 2.75) is 38.5 Å². The fourth-order valence-corrected chi connectivity index (χ4v) is 2.45. The molecule has 0 aromatic heterocycles. The van der Waals surface area contributed by atoms with E-state index in [2.05, 4.69) is 6.07 Å². The molecule has 0 bridgehead atoms. The van der Waals surface area contributed by atoms with Crippen LogP contribution in [0.2, 0.25) is 0 Å². The van der Waals surface area contributed by atoms with E-state index in [0.29, 0.717) is 16.9 Å². The SMILES string of the molecule is CC(=O)N(C)[C@@H]1c2cc(C#N)ccc2OC(C)(C)[C@H]1O. The predicted octanol–water partition coefficient (Wildman–Crippen LogP) is 1.61. The normalized spacial score (nSPS) is 23.2. The summed E-state index contributed by atoms with van der Waals surface area (Å²) in [5, 5.41) is 19.5. The Morgan fingerprint density at radius 2 is 2.15 bits per heavy atom. The Labute approximate surface area is 118 Å². The summed E-state index contributed by atoms with van der Waals surface area (Å²) in [5.41, 5.74) is 0.324. The topological polar surface area (TPSA) is 73.6 Å². The second-order valence-corrected chi connectivity index (χ2v) is 5.59. The molecule has 5 nitrogen and oxygen atoms in total. The predicted molar refractivity (Wildman–Crippen MR) is 73.1 cm³/mol. The summed E-state index contributed by atoms with van der Waals surface area (Å²) in [6.07, 6.45) is -0.877. The van der Waals surface area contributed by atoms with Crippen molar-refractivity contribution in [2.24, 2.45) is 0 Å². The molecule has 0 saturated carbocycles. The number of benzene rings is 1. The van der Waals surface area contributed by atoms with E-state index in [1.165, 1.54) is 11.8 Å². The summed E-state index contributed by atoms with van der Waals surface area (Å²) < 4.78 is 5.79. The molecule has 1 amide bonds. The van der Waals surface area contributed by atoms with Crippen LogP contribution in [0.3, 0.4) is 0 Å². The molecule has 20 heavy (non-hydrogen) atoms. The van der Waals surface area contributed by atoms with E-state index in [-0.39, 0.29) is 5.91 Å². The molecule has 1 aliphatic heterocycles. The summed E-state index contributed by atoms with van der Waals surface area (Å²) in [6.45, 7) is 5.00. The Hall–Kier alpha value is -2.06. The lowest BCUT2D eigenvalue weighted by molar-refractivity contribution is -0.139. The van der Waals surface area contributed by atoms with Crippen molar-refractivity contribution in [1.82, 2.24) is 4.90 Å². The Bertz CT molecular complexity index is 589. The highest BCUT2D eigenvalue weighted by atomic mass is 16.5. The Balaban J connectivity index is 2.60. The molecule has 1 aromatic rings. The van der Waals surface area contributed by atoms with Crippen LogP contribution in [0.25, 0.3) is 0 Å². The van der Waals surface area contributed by atoms with Crippen LogP contribution in [0.1, 0.15) is 37.9 Å². The van der Waals surface area contributed by atoms with Gasteiger partial charge in [0.1, 0.15) is 17.5 Å². The number of aliphatic hydroxyl groups excluding tert-OH is 1. The molecule has 2 atom stereocenters. The quantitative estimate of drug-likeness (QED) is 0.844. The lowest BCUT2D eigenvalue weighted by Gasteiger charge is -2.45. The molecular formula is C15H18N2O3. The smallest absolute Gasteiger partial charge is 0.219 e. The van der Waals surface area contributed by atoms with Crippen LogP contribution >= 0.6 is 0 Å². The first-order chi connectivity index (χ1) is 9.27. The maximum absolute atomic E-state index is 11.7. The number of rotatable bonds is 1. The highest BCUT2D eigenvalue weighted by molar-refractivity contribution is 5.74. The van der Waals surface area contributed by atoms with Crippen LogP contribution in [0.5, 0.6) is 5.75 Å². The van der Waals surface area contributed by atoms with Crippen molar-refractivity contribution in [3.8, 4) is 11.8 Å². The standard InChI is InChI=1S/C15H18N2O3/c1-9(18)17(4)13-11-7-10(8-16)5-6-12(11)20-15(2,3)14(13)19/h5-7,13-14,19H,1-4H3/t13-,14+/m1/s1. The van der Waals surface area contributed by atoms with Gasteiger partial charge in [0.05, 0.1) is 17.7 Å². The summed E-state index contributed by atoms with van der Waals surface area (Å²) in [7, 11) is 1.64. The molecule has 5 heteroatoms. The highest BCUT2D eigenvalue weighted by Crippen LogP contribution is 2.42. The Morgan fingerprint density at radius 1 is 1.50 bits per heavy atom. The van der Waals surface area contributed by atoms with Gasteiger partial charge in [0, 0.05) is 19.5 Å². The van der Waals surface area contributed by atoms with Gasteiger partial charge in [-0.1, -0.05) is 0 Å². The van der Waals surface area contributed by atoms with Crippen LogP contribution in [-0.2, 0) is 4.79 Å². The number of fused-ring (bicyclic) bond motifs is 1.